The molecule has 1 aliphatic heterocycles. The zero-order chi connectivity index (χ0) is 19.9. The Morgan fingerprint density at radius 1 is 1.36 bits per heavy atom. The van der Waals surface area contributed by atoms with Crippen molar-refractivity contribution in [2.75, 3.05) is 27.2 Å². The molecule has 2 N–H and O–H groups in total. The first-order valence-corrected chi connectivity index (χ1v) is 11.2. The van der Waals surface area contributed by atoms with Crippen LogP contribution < -0.4 is 10.6 Å². The number of hydrogen-bond acceptors (Lipinski definition) is 5. The van der Waals surface area contributed by atoms with Gasteiger partial charge in [-0.05, 0) is 50.2 Å². The number of aliphatic imine (C=N–C) groups is 1. The molecule has 28 heavy (non-hydrogen) atoms. The maximum absolute atomic E-state index is 5.47. The molecule has 0 radical (unpaired) electrons. The summed E-state index contributed by atoms with van der Waals surface area (Å²) in [5.41, 5.74) is 2.20. The Balaban J connectivity index is 1.60. The monoisotopic (exact) mass is 403 g/mol. The van der Waals surface area contributed by atoms with Gasteiger partial charge in [0.2, 0.25) is 0 Å². The highest BCUT2D eigenvalue weighted by molar-refractivity contribution is 7.10. The number of guanidine groups is 1. The molecule has 2 atom stereocenters. The predicted octanol–water partition coefficient (Wildman–Crippen LogP) is 3.61. The van der Waals surface area contributed by atoms with E-state index in [9.17, 15) is 0 Å². The molecule has 0 aromatic carbocycles. The number of likely N-dealkylation sites (tertiary alicyclic amines) is 1. The molecule has 3 rings (SSSR count). The van der Waals surface area contributed by atoms with Gasteiger partial charge in [-0.25, -0.2) is 0 Å². The summed E-state index contributed by atoms with van der Waals surface area (Å²) in [6.45, 7) is 6.98. The first-order valence-electron chi connectivity index (χ1n) is 10.3. The second kappa shape index (κ2) is 10.1. The van der Waals surface area contributed by atoms with Gasteiger partial charge < -0.3 is 15.2 Å². The fourth-order valence-electron chi connectivity index (χ4n) is 4.14. The number of thiophene rings is 1. The average Bonchev–Trinajstić information content (AvgIpc) is 3.37. The zero-order valence-electron chi connectivity index (χ0n) is 17.5. The Labute approximate surface area is 172 Å². The molecule has 1 fully saturated rings. The number of piperidine rings is 1. The smallest absolute Gasteiger partial charge is 0.191 e. The quantitative estimate of drug-likeness (QED) is 0.546. The first-order chi connectivity index (χ1) is 13.7. The van der Waals surface area contributed by atoms with Gasteiger partial charge in [-0.1, -0.05) is 25.1 Å². The Hall–Kier alpha value is -1.86. The van der Waals surface area contributed by atoms with Crippen molar-refractivity contribution in [1.82, 2.24) is 20.7 Å². The molecule has 0 aliphatic carbocycles. The topological polar surface area (TPSA) is 65.7 Å². The minimum absolute atomic E-state index is 0.482. The molecular weight excluding hydrogens is 370 g/mol. The lowest BCUT2D eigenvalue weighted by molar-refractivity contribution is 0.125. The van der Waals surface area contributed by atoms with E-state index in [4.69, 9.17) is 4.52 Å². The van der Waals surface area contributed by atoms with Crippen molar-refractivity contribution in [3.8, 4) is 0 Å². The molecule has 7 heteroatoms. The molecule has 6 nitrogen and oxygen atoms in total. The van der Waals surface area contributed by atoms with Crippen molar-refractivity contribution in [2.24, 2.45) is 10.9 Å². The molecule has 1 aliphatic rings. The number of aromatic nitrogens is 1. The van der Waals surface area contributed by atoms with Gasteiger partial charge in [0.1, 0.15) is 5.76 Å². The van der Waals surface area contributed by atoms with Gasteiger partial charge >= 0.3 is 0 Å². The van der Waals surface area contributed by atoms with Crippen LogP contribution in [0.15, 0.2) is 27.0 Å². The van der Waals surface area contributed by atoms with Crippen LogP contribution >= 0.6 is 11.3 Å². The van der Waals surface area contributed by atoms with Crippen molar-refractivity contribution in [3.05, 3.63) is 39.4 Å². The number of nitrogens with zero attached hydrogens (tertiary/aromatic N) is 3. The lowest BCUT2D eigenvalue weighted by Crippen LogP contribution is -2.44. The minimum atomic E-state index is 0.482. The van der Waals surface area contributed by atoms with Gasteiger partial charge in [0.25, 0.3) is 0 Å². The lowest BCUT2D eigenvalue weighted by Gasteiger charge is -2.39. The maximum atomic E-state index is 5.47. The second-order valence-corrected chi connectivity index (χ2v) is 8.37. The summed E-state index contributed by atoms with van der Waals surface area (Å²) < 4.78 is 5.47. The van der Waals surface area contributed by atoms with Crippen LogP contribution in [0.3, 0.4) is 0 Å². The Morgan fingerprint density at radius 3 is 2.89 bits per heavy atom. The van der Waals surface area contributed by atoms with Crippen LogP contribution in [0.2, 0.25) is 0 Å². The summed E-state index contributed by atoms with van der Waals surface area (Å²) in [7, 11) is 4.07. The SMILES string of the molecule is CCc1noc(CC)c1CNC(=NC)NCC1CCCN(C)C1c1cccs1. The third-order valence-corrected chi connectivity index (χ3v) is 6.58. The highest BCUT2D eigenvalue weighted by Gasteiger charge is 2.31. The van der Waals surface area contributed by atoms with E-state index in [1.807, 2.05) is 18.4 Å². The number of hydrogen-bond donors (Lipinski definition) is 2. The summed E-state index contributed by atoms with van der Waals surface area (Å²) in [6.07, 6.45) is 4.22. The predicted molar refractivity (Wildman–Crippen MR) is 116 cm³/mol. The van der Waals surface area contributed by atoms with Gasteiger partial charge in [0.15, 0.2) is 5.96 Å². The zero-order valence-corrected chi connectivity index (χ0v) is 18.3. The van der Waals surface area contributed by atoms with Crippen LogP contribution in [0.1, 0.15) is 54.6 Å². The van der Waals surface area contributed by atoms with Gasteiger partial charge in [0.05, 0.1) is 5.69 Å². The van der Waals surface area contributed by atoms with E-state index in [2.05, 4.69) is 64.1 Å². The standard InChI is InChI=1S/C21H33N5OS/c1-5-17-16(18(6-2)27-25-17)14-24-21(22-3)23-13-15-9-7-11-26(4)20(15)19-10-8-12-28-19/h8,10,12,15,20H,5-7,9,11,13-14H2,1-4H3,(H2,22,23,24). The number of nitrogens with one attached hydrogen (secondary N) is 2. The third-order valence-electron chi connectivity index (χ3n) is 5.64. The van der Waals surface area contributed by atoms with Crippen LogP contribution in [0.25, 0.3) is 0 Å². The molecule has 2 unspecified atom stereocenters. The molecule has 0 bridgehead atoms. The Kier molecular flexibility index (Phi) is 7.50. The molecule has 2 aromatic rings. The van der Waals surface area contributed by atoms with Crippen LogP contribution in [-0.2, 0) is 19.4 Å². The molecule has 2 aromatic heterocycles. The summed E-state index contributed by atoms with van der Waals surface area (Å²) in [4.78, 5) is 8.38. The van der Waals surface area contributed by atoms with Gasteiger partial charge in [-0.3, -0.25) is 9.89 Å². The number of aryl methyl sites for hydroxylation is 2. The summed E-state index contributed by atoms with van der Waals surface area (Å²) in [5, 5.41) is 13.4. The van der Waals surface area contributed by atoms with Crippen LogP contribution in [0.4, 0.5) is 0 Å². The van der Waals surface area contributed by atoms with E-state index in [0.717, 1.165) is 36.8 Å². The van der Waals surface area contributed by atoms with Crippen molar-refractivity contribution >= 4 is 17.3 Å². The molecule has 0 amide bonds. The summed E-state index contributed by atoms with van der Waals surface area (Å²) in [6, 6.07) is 4.90. The molecule has 154 valence electrons. The fourth-order valence-corrected chi connectivity index (χ4v) is 5.12. The van der Waals surface area contributed by atoms with E-state index in [0.29, 0.717) is 18.5 Å². The van der Waals surface area contributed by atoms with Gasteiger partial charge in [-0.15, -0.1) is 11.3 Å². The van der Waals surface area contributed by atoms with E-state index in [1.165, 1.54) is 29.8 Å². The maximum Gasteiger partial charge on any atom is 0.191 e. The normalized spacial score (nSPS) is 21.1. The average molecular weight is 404 g/mol. The van der Waals surface area contributed by atoms with E-state index < -0.39 is 0 Å². The van der Waals surface area contributed by atoms with E-state index >= 15 is 0 Å². The van der Waals surface area contributed by atoms with Crippen LogP contribution in [0.5, 0.6) is 0 Å². The summed E-state index contributed by atoms with van der Waals surface area (Å²) in [5.74, 6) is 2.37. The summed E-state index contributed by atoms with van der Waals surface area (Å²) >= 11 is 1.86. The fraction of sp³-hybridized carbons (Fsp3) is 0.619. The third kappa shape index (κ3) is 4.75. The van der Waals surface area contributed by atoms with Crippen LogP contribution in [0, 0.1) is 5.92 Å². The van der Waals surface area contributed by atoms with Crippen LogP contribution in [-0.4, -0.2) is 43.2 Å². The van der Waals surface area contributed by atoms with E-state index in [1.54, 1.807) is 0 Å². The molecule has 1 saturated heterocycles. The second-order valence-electron chi connectivity index (χ2n) is 7.39. The molecule has 3 heterocycles. The largest absolute Gasteiger partial charge is 0.361 e. The first kappa shape index (κ1) is 20.9. The highest BCUT2D eigenvalue weighted by atomic mass is 32.1. The van der Waals surface area contributed by atoms with Crippen molar-refractivity contribution < 1.29 is 4.52 Å². The van der Waals surface area contributed by atoms with Crippen molar-refractivity contribution in [2.45, 2.75) is 52.1 Å². The van der Waals surface area contributed by atoms with Gasteiger partial charge in [0, 0.05) is 43.0 Å². The highest BCUT2D eigenvalue weighted by Crippen LogP contribution is 2.36. The number of rotatable bonds is 7. The van der Waals surface area contributed by atoms with Crippen molar-refractivity contribution in [3.63, 3.8) is 0 Å². The molecule has 0 spiro atoms. The minimum Gasteiger partial charge on any atom is -0.361 e. The Morgan fingerprint density at radius 2 is 2.21 bits per heavy atom. The Bertz CT molecular complexity index is 733. The molecular formula is C21H33N5OS. The lowest BCUT2D eigenvalue weighted by atomic mass is 9.88. The van der Waals surface area contributed by atoms with Gasteiger partial charge in [-0.2, -0.15) is 0 Å². The van der Waals surface area contributed by atoms with Crippen molar-refractivity contribution in [1.29, 1.82) is 0 Å². The molecule has 0 saturated carbocycles. The van der Waals surface area contributed by atoms with E-state index in [-0.39, 0.29) is 0 Å².